The van der Waals surface area contributed by atoms with E-state index < -0.39 is 0 Å². The lowest BCUT2D eigenvalue weighted by Crippen LogP contribution is -2.15. The maximum atomic E-state index is 8.90. The second-order valence-electron chi connectivity index (χ2n) is 3.91. The van der Waals surface area contributed by atoms with Gasteiger partial charge in [-0.2, -0.15) is 0 Å². The normalized spacial score (nSPS) is 12.4. The van der Waals surface area contributed by atoms with Gasteiger partial charge < -0.3 is 16.2 Å². The number of anilines is 2. The molecule has 4 heteroatoms. The number of hydrogen-bond acceptors (Lipinski definition) is 3. The van der Waals surface area contributed by atoms with Gasteiger partial charge in [-0.05, 0) is 46.5 Å². The summed E-state index contributed by atoms with van der Waals surface area (Å²) in [7, 11) is 0. The average molecular weight is 287 g/mol. The van der Waals surface area contributed by atoms with Gasteiger partial charge in [0, 0.05) is 29.0 Å². The Bertz CT molecular complexity index is 331. The van der Waals surface area contributed by atoms with E-state index in [1.54, 1.807) is 0 Å². The summed E-state index contributed by atoms with van der Waals surface area (Å²) in [6, 6.07) is 5.72. The van der Waals surface area contributed by atoms with E-state index in [0.717, 1.165) is 35.2 Å². The summed E-state index contributed by atoms with van der Waals surface area (Å²) in [5.74, 6) is 0.509. The van der Waals surface area contributed by atoms with Gasteiger partial charge in [-0.3, -0.25) is 0 Å². The van der Waals surface area contributed by atoms with Crippen molar-refractivity contribution >= 4 is 27.3 Å². The van der Waals surface area contributed by atoms with Crippen LogP contribution in [0.5, 0.6) is 0 Å². The quantitative estimate of drug-likeness (QED) is 0.705. The lowest BCUT2D eigenvalue weighted by molar-refractivity contribution is 0.258. The molecule has 0 bridgehead atoms. The van der Waals surface area contributed by atoms with Gasteiger partial charge in [0.1, 0.15) is 0 Å². The largest absolute Gasteiger partial charge is 0.399 e. The molecule has 0 aliphatic rings. The van der Waals surface area contributed by atoms with Crippen molar-refractivity contribution in [1.82, 2.24) is 0 Å². The zero-order chi connectivity index (χ0) is 12.0. The number of nitrogen functional groups attached to an aromatic ring is 1. The van der Waals surface area contributed by atoms with Crippen molar-refractivity contribution in [3.05, 3.63) is 22.7 Å². The van der Waals surface area contributed by atoms with Crippen LogP contribution < -0.4 is 11.1 Å². The monoisotopic (exact) mass is 286 g/mol. The summed E-state index contributed by atoms with van der Waals surface area (Å²) >= 11 is 3.47. The maximum absolute atomic E-state index is 8.90. The summed E-state index contributed by atoms with van der Waals surface area (Å²) in [6.45, 7) is 3.27. The van der Waals surface area contributed by atoms with Crippen LogP contribution in [-0.2, 0) is 0 Å². The molecule has 0 amide bonds. The minimum Gasteiger partial charge on any atom is -0.399 e. The molecule has 16 heavy (non-hydrogen) atoms. The standard InChI is InChI=1S/C12H19BrN2O/c1-2-9(5-6-16)8-15-12-4-3-10(14)7-11(12)13/h3-4,7,9,15-16H,2,5-6,8,14H2,1H3. The number of rotatable bonds is 6. The highest BCUT2D eigenvalue weighted by Crippen LogP contribution is 2.25. The summed E-state index contributed by atoms with van der Waals surface area (Å²) in [6.07, 6.45) is 1.91. The van der Waals surface area contributed by atoms with Crippen molar-refractivity contribution in [1.29, 1.82) is 0 Å². The van der Waals surface area contributed by atoms with E-state index in [0.29, 0.717) is 5.92 Å². The van der Waals surface area contributed by atoms with Crippen LogP contribution in [0, 0.1) is 5.92 Å². The lowest BCUT2D eigenvalue weighted by Gasteiger charge is -2.16. The number of halogens is 1. The fourth-order valence-corrected chi connectivity index (χ4v) is 2.10. The van der Waals surface area contributed by atoms with Crippen molar-refractivity contribution < 1.29 is 5.11 Å². The van der Waals surface area contributed by atoms with E-state index in [4.69, 9.17) is 10.8 Å². The van der Waals surface area contributed by atoms with Gasteiger partial charge in [-0.15, -0.1) is 0 Å². The summed E-state index contributed by atoms with van der Waals surface area (Å²) < 4.78 is 0.978. The molecule has 3 nitrogen and oxygen atoms in total. The molecule has 1 rings (SSSR count). The van der Waals surface area contributed by atoms with Gasteiger partial charge in [0.05, 0.1) is 0 Å². The first-order valence-electron chi connectivity index (χ1n) is 5.57. The second-order valence-corrected chi connectivity index (χ2v) is 4.76. The fourth-order valence-electron chi connectivity index (χ4n) is 1.56. The van der Waals surface area contributed by atoms with Crippen molar-refractivity contribution in [3.8, 4) is 0 Å². The SMILES string of the molecule is CCC(CCO)CNc1ccc(N)cc1Br. The number of nitrogens with one attached hydrogen (secondary N) is 1. The number of aliphatic hydroxyl groups is 1. The Kier molecular flexibility index (Phi) is 5.63. The second kappa shape index (κ2) is 6.76. The molecule has 1 aromatic carbocycles. The average Bonchev–Trinajstić information content (AvgIpc) is 2.26. The number of aliphatic hydroxyl groups excluding tert-OH is 1. The molecule has 0 aliphatic heterocycles. The van der Waals surface area contributed by atoms with Crippen LogP contribution >= 0.6 is 15.9 Å². The van der Waals surface area contributed by atoms with E-state index >= 15 is 0 Å². The molecule has 0 aromatic heterocycles. The van der Waals surface area contributed by atoms with Gasteiger partial charge in [0.15, 0.2) is 0 Å². The molecule has 90 valence electrons. The first-order valence-corrected chi connectivity index (χ1v) is 6.36. The van der Waals surface area contributed by atoms with Crippen LogP contribution in [0.1, 0.15) is 19.8 Å². The highest BCUT2D eigenvalue weighted by atomic mass is 79.9. The van der Waals surface area contributed by atoms with Gasteiger partial charge in [0.2, 0.25) is 0 Å². The molecule has 1 unspecified atom stereocenters. The minimum absolute atomic E-state index is 0.253. The van der Waals surface area contributed by atoms with Crippen molar-refractivity contribution in [2.45, 2.75) is 19.8 Å². The Labute approximate surface area is 105 Å². The molecule has 0 fully saturated rings. The molecule has 0 radical (unpaired) electrons. The summed E-state index contributed by atoms with van der Waals surface area (Å²) in [5, 5.41) is 12.3. The van der Waals surface area contributed by atoms with E-state index in [-0.39, 0.29) is 6.61 Å². The third-order valence-electron chi connectivity index (χ3n) is 2.69. The van der Waals surface area contributed by atoms with Crippen molar-refractivity contribution in [2.75, 3.05) is 24.2 Å². The van der Waals surface area contributed by atoms with E-state index in [1.807, 2.05) is 18.2 Å². The number of hydrogen-bond donors (Lipinski definition) is 3. The van der Waals surface area contributed by atoms with Crippen molar-refractivity contribution in [2.24, 2.45) is 5.92 Å². The van der Waals surface area contributed by atoms with Crippen LogP contribution in [0.2, 0.25) is 0 Å². The fraction of sp³-hybridized carbons (Fsp3) is 0.500. The van der Waals surface area contributed by atoms with Crippen LogP contribution in [-0.4, -0.2) is 18.3 Å². The first kappa shape index (κ1) is 13.3. The van der Waals surface area contributed by atoms with E-state index in [9.17, 15) is 0 Å². The Morgan fingerprint density at radius 2 is 2.25 bits per heavy atom. The lowest BCUT2D eigenvalue weighted by atomic mass is 10.0. The third-order valence-corrected chi connectivity index (χ3v) is 3.35. The zero-order valence-corrected chi connectivity index (χ0v) is 11.1. The minimum atomic E-state index is 0.253. The molecule has 0 saturated heterocycles. The molecular weight excluding hydrogens is 268 g/mol. The molecule has 0 heterocycles. The van der Waals surface area contributed by atoms with Gasteiger partial charge in [0.25, 0.3) is 0 Å². The van der Waals surface area contributed by atoms with Crippen molar-refractivity contribution in [3.63, 3.8) is 0 Å². The predicted molar refractivity (Wildman–Crippen MR) is 72.5 cm³/mol. The van der Waals surface area contributed by atoms with E-state index in [2.05, 4.69) is 28.2 Å². The molecule has 4 N–H and O–H groups in total. The Hall–Kier alpha value is -0.740. The highest BCUT2D eigenvalue weighted by molar-refractivity contribution is 9.10. The van der Waals surface area contributed by atoms with E-state index in [1.165, 1.54) is 0 Å². The smallest absolute Gasteiger partial charge is 0.0486 e. The van der Waals surface area contributed by atoms with Crippen LogP contribution in [0.4, 0.5) is 11.4 Å². The molecule has 0 saturated carbocycles. The number of benzene rings is 1. The maximum Gasteiger partial charge on any atom is 0.0486 e. The predicted octanol–water partition coefficient (Wildman–Crippen LogP) is 2.85. The Morgan fingerprint density at radius 1 is 1.50 bits per heavy atom. The molecule has 0 spiro atoms. The third kappa shape index (κ3) is 4.02. The van der Waals surface area contributed by atoms with Crippen LogP contribution in [0.25, 0.3) is 0 Å². The van der Waals surface area contributed by atoms with Crippen LogP contribution in [0.3, 0.4) is 0 Å². The Morgan fingerprint density at radius 3 is 2.81 bits per heavy atom. The Balaban J connectivity index is 2.53. The van der Waals surface area contributed by atoms with Gasteiger partial charge in [-0.1, -0.05) is 13.3 Å². The summed E-state index contributed by atoms with van der Waals surface area (Å²) in [5.41, 5.74) is 7.46. The molecule has 1 aromatic rings. The van der Waals surface area contributed by atoms with Crippen LogP contribution in [0.15, 0.2) is 22.7 Å². The molecular formula is C12H19BrN2O. The molecule has 1 atom stereocenters. The first-order chi connectivity index (χ1) is 7.67. The van der Waals surface area contributed by atoms with Gasteiger partial charge >= 0.3 is 0 Å². The summed E-state index contributed by atoms with van der Waals surface area (Å²) in [4.78, 5) is 0. The topological polar surface area (TPSA) is 58.3 Å². The number of nitrogens with two attached hydrogens (primary N) is 1. The van der Waals surface area contributed by atoms with Gasteiger partial charge in [-0.25, -0.2) is 0 Å². The molecule has 0 aliphatic carbocycles. The zero-order valence-electron chi connectivity index (χ0n) is 9.54. The highest BCUT2D eigenvalue weighted by Gasteiger charge is 2.06.